The largest absolute Gasteiger partial charge is 0.486 e. The van der Waals surface area contributed by atoms with Crippen molar-refractivity contribution >= 4 is 15.9 Å². The van der Waals surface area contributed by atoms with Crippen molar-refractivity contribution in [3.63, 3.8) is 0 Å². The van der Waals surface area contributed by atoms with Gasteiger partial charge < -0.3 is 19.5 Å². The number of hydrogen-bond acceptors (Lipinski definition) is 6. The Kier molecular flexibility index (Phi) is 4.96. The van der Waals surface area contributed by atoms with Crippen LogP contribution in [0.1, 0.15) is 11.7 Å². The van der Waals surface area contributed by atoms with Crippen molar-refractivity contribution < 1.29 is 27.8 Å². The van der Waals surface area contributed by atoms with E-state index in [4.69, 9.17) is 9.47 Å². The highest BCUT2D eigenvalue weighted by molar-refractivity contribution is 7.89. The predicted molar refractivity (Wildman–Crippen MR) is 111 cm³/mol. The molecule has 0 fully saturated rings. The van der Waals surface area contributed by atoms with E-state index in [0.717, 1.165) is 11.1 Å². The average Bonchev–Trinajstić information content (AvgIpc) is 3.38. The molecule has 3 heterocycles. The van der Waals surface area contributed by atoms with Crippen molar-refractivity contribution in [3.05, 3.63) is 65.2 Å². The summed E-state index contributed by atoms with van der Waals surface area (Å²) in [5.41, 5.74) is 2.37. The number of ether oxygens (including phenoxy) is 2. The molecule has 8 nitrogen and oxygen atoms in total. The maximum Gasteiger partial charge on any atom is 0.256 e. The topological polar surface area (TPSA) is 96.4 Å². The van der Waals surface area contributed by atoms with E-state index in [1.54, 1.807) is 35.2 Å². The molecule has 1 amide bonds. The zero-order chi connectivity index (χ0) is 21.6. The van der Waals surface area contributed by atoms with Crippen molar-refractivity contribution in [1.82, 2.24) is 9.21 Å². The molecule has 3 aliphatic heterocycles. The molecule has 0 bridgehead atoms. The van der Waals surface area contributed by atoms with Crippen LogP contribution in [-0.2, 0) is 14.8 Å². The summed E-state index contributed by atoms with van der Waals surface area (Å²) in [7, 11) is -3.71. The van der Waals surface area contributed by atoms with E-state index in [0.29, 0.717) is 43.4 Å². The van der Waals surface area contributed by atoms with Gasteiger partial charge in [0.05, 0.1) is 4.90 Å². The Hall–Kier alpha value is -2.88. The maximum absolute atomic E-state index is 13.1. The van der Waals surface area contributed by atoms with E-state index in [1.807, 2.05) is 6.07 Å². The normalized spacial score (nSPS) is 19.5. The summed E-state index contributed by atoms with van der Waals surface area (Å²) in [6.45, 7) is 1.94. The molecule has 0 radical (unpaired) electrons. The first-order chi connectivity index (χ1) is 14.9. The van der Waals surface area contributed by atoms with Gasteiger partial charge in [0.1, 0.15) is 13.2 Å². The van der Waals surface area contributed by atoms with Crippen LogP contribution >= 0.6 is 0 Å². The molecule has 162 valence electrons. The first-order valence-corrected chi connectivity index (χ1v) is 11.5. The quantitative estimate of drug-likeness (QED) is 0.718. The lowest BCUT2D eigenvalue weighted by molar-refractivity contribution is -0.139. The predicted octanol–water partition coefficient (Wildman–Crippen LogP) is 1.33. The minimum Gasteiger partial charge on any atom is -0.486 e. The highest BCUT2D eigenvalue weighted by Gasteiger charge is 2.39. The number of hydrogen-bond donors (Lipinski definition) is 1. The fraction of sp³-hybridized carbons (Fsp3) is 0.318. The first-order valence-electron chi connectivity index (χ1n) is 10.0. The van der Waals surface area contributed by atoms with Gasteiger partial charge in [0.15, 0.2) is 17.6 Å². The Morgan fingerprint density at radius 1 is 0.903 bits per heavy atom. The molecule has 0 saturated heterocycles. The van der Waals surface area contributed by atoms with Crippen LogP contribution in [0.4, 0.5) is 0 Å². The molecule has 3 aliphatic rings. The van der Waals surface area contributed by atoms with E-state index in [1.165, 1.54) is 16.4 Å². The third-order valence-corrected chi connectivity index (χ3v) is 7.60. The lowest BCUT2D eigenvalue weighted by Gasteiger charge is -2.25. The minimum absolute atomic E-state index is 0.158. The number of nitrogens with zero attached hydrogens (tertiary/aromatic N) is 2. The highest BCUT2D eigenvalue weighted by atomic mass is 32.2. The smallest absolute Gasteiger partial charge is 0.256 e. The van der Waals surface area contributed by atoms with Crippen LogP contribution < -0.4 is 9.47 Å². The van der Waals surface area contributed by atoms with Gasteiger partial charge in [0, 0.05) is 32.2 Å². The molecule has 31 heavy (non-hydrogen) atoms. The second-order valence-corrected chi connectivity index (χ2v) is 9.73. The number of sulfonamides is 1. The van der Waals surface area contributed by atoms with Gasteiger partial charge in [-0.1, -0.05) is 30.3 Å². The number of carbonyl (C=O) groups excluding carboxylic acids is 1. The van der Waals surface area contributed by atoms with E-state index in [9.17, 15) is 18.3 Å². The van der Waals surface area contributed by atoms with E-state index in [2.05, 4.69) is 0 Å². The zero-order valence-corrected chi connectivity index (χ0v) is 17.5. The van der Waals surface area contributed by atoms with Crippen molar-refractivity contribution in [3.8, 4) is 11.5 Å². The summed E-state index contributed by atoms with van der Waals surface area (Å²) in [5.74, 6) is 0.596. The maximum atomic E-state index is 13.1. The Morgan fingerprint density at radius 2 is 1.55 bits per heavy atom. The molecule has 1 N–H and O–H groups in total. The molecular weight excluding hydrogens is 420 g/mol. The number of fused-ring (bicyclic) bond motifs is 1. The summed E-state index contributed by atoms with van der Waals surface area (Å²) in [6.07, 6.45) is -1.22. The van der Waals surface area contributed by atoms with Gasteiger partial charge in [-0.25, -0.2) is 8.42 Å². The molecule has 5 rings (SSSR count). The number of amides is 1. The van der Waals surface area contributed by atoms with Crippen LogP contribution in [0.5, 0.6) is 11.5 Å². The monoisotopic (exact) mass is 442 g/mol. The Bertz CT molecular complexity index is 1140. The summed E-state index contributed by atoms with van der Waals surface area (Å²) in [6, 6.07) is 13.4. The second-order valence-electron chi connectivity index (χ2n) is 7.79. The van der Waals surface area contributed by atoms with Crippen LogP contribution in [0.15, 0.2) is 64.6 Å². The van der Waals surface area contributed by atoms with Crippen LogP contribution in [0.25, 0.3) is 0 Å². The molecule has 0 saturated carbocycles. The zero-order valence-electron chi connectivity index (χ0n) is 16.7. The van der Waals surface area contributed by atoms with Gasteiger partial charge in [0.2, 0.25) is 10.0 Å². The number of aliphatic hydroxyl groups excluding tert-OH is 1. The standard InChI is InChI=1S/C22H22N2O6S/c25-21(15-4-2-1-3-5-15)22(26)23-11-16-13-24(14-17(16)12-23)31(27,28)18-6-7-19-20(10-18)30-9-8-29-19/h1-7,10,21,25H,8-9,11-14H2/t21-/m0/s1. The fourth-order valence-corrected chi connectivity index (χ4v) is 5.60. The van der Waals surface area contributed by atoms with Crippen LogP contribution in [0.2, 0.25) is 0 Å². The Labute approximate surface area is 180 Å². The van der Waals surface area contributed by atoms with Crippen molar-refractivity contribution in [2.75, 3.05) is 39.4 Å². The van der Waals surface area contributed by atoms with Crippen LogP contribution in [0.3, 0.4) is 0 Å². The Morgan fingerprint density at radius 3 is 2.23 bits per heavy atom. The van der Waals surface area contributed by atoms with Gasteiger partial charge >= 0.3 is 0 Å². The molecule has 2 aromatic carbocycles. The van der Waals surface area contributed by atoms with Crippen molar-refractivity contribution in [2.45, 2.75) is 11.0 Å². The van der Waals surface area contributed by atoms with Gasteiger partial charge in [-0.05, 0) is 28.8 Å². The van der Waals surface area contributed by atoms with E-state index in [-0.39, 0.29) is 23.9 Å². The molecule has 2 aromatic rings. The number of aliphatic hydroxyl groups is 1. The molecule has 0 spiro atoms. The van der Waals surface area contributed by atoms with Gasteiger partial charge in [-0.2, -0.15) is 4.31 Å². The number of rotatable bonds is 4. The van der Waals surface area contributed by atoms with E-state index >= 15 is 0 Å². The van der Waals surface area contributed by atoms with Gasteiger partial charge in [-0.15, -0.1) is 0 Å². The summed E-state index contributed by atoms with van der Waals surface area (Å²) >= 11 is 0. The highest BCUT2D eigenvalue weighted by Crippen LogP contribution is 2.35. The molecule has 0 unspecified atom stereocenters. The molecule has 9 heteroatoms. The molecular formula is C22H22N2O6S. The summed E-state index contributed by atoms with van der Waals surface area (Å²) in [5, 5.41) is 10.4. The van der Waals surface area contributed by atoms with Gasteiger partial charge in [0.25, 0.3) is 5.91 Å². The third-order valence-electron chi connectivity index (χ3n) is 5.81. The summed E-state index contributed by atoms with van der Waals surface area (Å²) < 4.78 is 38.7. The third kappa shape index (κ3) is 3.58. The lowest BCUT2D eigenvalue weighted by atomic mass is 10.1. The van der Waals surface area contributed by atoms with Crippen LogP contribution in [0, 0.1) is 0 Å². The summed E-state index contributed by atoms with van der Waals surface area (Å²) in [4.78, 5) is 14.4. The van der Waals surface area contributed by atoms with Crippen molar-refractivity contribution in [2.24, 2.45) is 0 Å². The first kappa shape index (κ1) is 20.0. The van der Waals surface area contributed by atoms with Gasteiger partial charge in [-0.3, -0.25) is 4.79 Å². The van der Waals surface area contributed by atoms with Crippen molar-refractivity contribution in [1.29, 1.82) is 0 Å². The Balaban J connectivity index is 1.26. The SMILES string of the molecule is O=C([C@@H](O)c1ccccc1)N1CC2=C(C1)CN(S(=O)(=O)c1ccc3c(c1)OCCO3)C2. The van der Waals surface area contributed by atoms with Crippen LogP contribution in [-0.4, -0.2) is 68.0 Å². The lowest BCUT2D eigenvalue weighted by Crippen LogP contribution is -2.38. The second kappa shape index (κ2) is 7.67. The average molecular weight is 442 g/mol. The number of benzene rings is 2. The van der Waals surface area contributed by atoms with E-state index < -0.39 is 16.1 Å². The molecule has 0 aromatic heterocycles. The fourth-order valence-electron chi connectivity index (χ4n) is 4.16. The molecule has 0 aliphatic carbocycles. The number of carbonyl (C=O) groups is 1. The molecule has 1 atom stereocenters. The minimum atomic E-state index is -3.71.